The molecule has 2 atom stereocenters. The van der Waals surface area contributed by atoms with Gasteiger partial charge in [-0.3, -0.25) is 9.69 Å². The van der Waals surface area contributed by atoms with Crippen LogP contribution in [0.1, 0.15) is 47.5 Å². The molecule has 7 heteroatoms. The number of benzene rings is 2. The second kappa shape index (κ2) is 10.0. The summed E-state index contributed by atoms with van der Waals surface area (Å²) in [5, 5.41) is 0. The van der Waals surface area contributed by atoms with E-state index >= 15 is 0 Å². The Labute approximate surface area is 191 Å². The molecule has 2 aromatic rings. The largest absolute Gasteiger partial charge is 0.492 e. The molecule has 1 aliphatic carbocycles. The molecule has 1 aliphatic heterocycles. The van der Waals surface area contributed by atoms with Gasteiger partial charge in [-0.1, -0.05) is 30.3 Å². The number of piperidine rings is 1. The maximum absolute atomic E-state index is 11.8. The summed E-state index contributed by atoms with van der Waals surface area (Å²) >= 11 is 0. The van der Waals surface area contributed by atoms with Gasteiger partial charge >= 0.3 is 0 Å². The van der Waals surface area contributed by atoms with Gasteiger partial charge in [-0.15, -0.1) is 0 Å². The molecule has 0 radical (unpaired) electrons. The maximum Gasteiger partial charge on any atom is 0.264 e. The van der Waals surface area contributed by atoms with E-state index in [1.807, 2.05) is 4.72 Å². The van der Waals surface area contributed by atoms with E-state index in [4.69, 9.17) is 4.74 Å². The van der Waals surface area contributed by atoms with E-state index in [0.29, 0.717) is 12.4 Å². The molecular weight excluding hydrogens is 424 g/mol. The average molecular weight is 457 g/mol. The number of sulfonamides is 1. The van der Waals surface area contributed by atoms with E-state index < -0.39 is 15.9 Å². The topological polar surface area (TPSA) is 75.7 Å². The minimum atomic E-state index is -3.57. The van der Waals surface area contributed by atoms with Gasteiger partial charge in [-0.25, -0.2) is 13.1 Å². The summed E-state index contributed by atoms with van der Waals surface area (Å²) in [6.07, 6.45) is 6.21. The third-order valence-electron chi connectivity index (χ3n) is 6.56. The van der Waals surface area contributed by atoms with Crippen molar-refractivity contribution in [2.75, 3.05) is 32.5 Å². The average Bonchev–Trinajstić information content (AvgIpc) is 3.54. The van der Waals surface area contributed by atoms with Crippen molar-refractivity contribution in [1.82, 2.24) is 9.62 Å². The predicted molar refractivity (Wildman–Crippen MR) is 125 cm³/mol. The van der Waals surface area contributed by atoms with Gasteiger partial charge in [0.25, 0.3) is 5.91 Å². The molecule has 1 N–H and O–H groups in total. The first-order valence-electron chi connectivity index (χ1n) is 11.4. The van der Waals surface area contributed by atoms with E-state index in [1.165, 1.54) is 31.2 Å². The first-order chi connectivity index (χ1) is 15.4. The number of nitrogens with one attached hydrogen (secondary N) is 1. The van der Waals surface area contributed by atoms with Crippen molar-refractivity contribution in [3.63, 3.8) is 0 Å². The molecule has 0 spiro atoms. The zero-order valence-corrected chi connectivity index (χ0v) is 19.4. The smallest absolute Gasteiger partial charge is 0.264 e. The number of likely N-dealkylation sites (tertiary alicyclic amines) is 1. The molecule has 0 bridgehead atoms. The van der Waals surface area contributed by atoms with Crippen molar-refractivity contribution in [2.45, 2.75) is 31.6 Å². The molecule has 2 aromatic carbocycles. The predicted octanol–water partition coefficient (Wildman–Crippen LogP) is 3.66. The van der Waals surface area contributed by atoms with Gasteiger partial charge in [0.05, 0.1) is 6.26 Å². The minimum Gasteiger partial charge on any atom is -0.492 e. The molecule has 0 aromatic heterocycles. The van der Waals surface area contributed by atoms with E-state index in [1.54, 1.807) is 24.3 Å². The summed E-state index contributed by atoms with van der Waals surface area (Å²) < 4.78 is 30.1. The van der Waals surface area contributed by atoms with Gasteiger partial charge in [0.1, 0.15) is 12.4 Å². The molecular formula is C25H32N2O4S. The Morgan fingerprint density at radius 2 is 1.75 bits per heavy atom. The number of hydrogen-bond donors (Lipinski definition) is 1. The molecule has 2 fully saturated rings. The van der Waals surface area contributed by atoms with E-state index in [-0.39, 0.29) is 5.56 Å². The monoisotopic (exact) mass is 456 g/mol. The highest BCUT2D eigenvalue weighted by Gasteiger charge is 2.39. The number of carbonyl (C=O) groups excluding carboxylic acids is 1. The normalized spacial score (nSPS) is 21.8. The number of amides is 1. The quantitative estimate of drug-likeness (QED) is 0.623. The second-order valence-electron chi connectivity index (χ2n) is 9.11. The Morgan fingerprint density at radius 3 is 2.41 bits per heavy atom. The van der Waals surface area contributed by atoms with Crippen molar-refractivity contribution in [3.05, 3.63) is 65.7 Å². The van der Waals surface area contributed by atoms with Gasteiger partial charge in [0.2, 0.25) is 10.0 Å². The summed E-state index contributed by atoms with van der Waals surface area (Å²) in [6, 6.07) is 17.5. The third-order valence-corrected chi connectivity index (χ3v) is 7.12. The number of nitrogens with zero attached hydrogens (tertiary/aromatic N) is 1. The van der Waals surface area contributed by atoms with Crippen LogP contribution in [0.15, 0.2) is 54.6 Å². The fourth-order valence-electron chi connectivity index (χ4n) is 4.71. The highest BCUT2D eigenvalue weighted by atomic mass is 32.2. The van der Waals surface area contributed by atoms with Crippen LogP contribution in [0.4, 0.5) is 0 Å². The second-order valence-corrected chi connectivity index (χ2v) is 10.9. The van der Waals surface area contributed by atoms with Crippen molar-refractivity contribution in [3.8, 4) is 5.75 Å². The Bertz CT molecular complexity index is 1000. The third kappa shape index (κ3) is 6.56. The van der Waals surface area contributed by atoms with Crippen LogP contribution in [-0.4, -0.2) is 51.7 Å². The molecule has 1 heterocycles. The molecule has 4 rings (SSSR count). The van der Waals surface area contributed by atoms with Crippen molar-refractivity contribution in [1.29, 1.82) is 0 Å². The van der Waals surface area contributed by atoms with Crippen molar-refractivity contribution in [2.24, 2.45) is 11.8 Å². The summed E-state index contributed by atoms with van der Waals surface area (Å²) in [5.41, 5.74) is 1.80. The van der Waals surface area contributed by atoms with Gasteiger partial charge in [0, 0.05) is 12.1 Å². The summed E-state index contributed by atoms with van der Waals surface area (Å²) in [7, 11) is -3.57. The summed E-state index contributed by atoms with van der Waals surface area (Å²) in [4.78, 5) is 14.3. The Kier molecular flexibility index (Phi) is 7.16. The van der Waals surface area contributed by atoms with Crippen LogP contribution < -0.4 is 9.46 Å². The molecule has 1 saturated heterocycles. The van der Waals surface area contributed by atoms with Gasteiger partial charge in [0.15, 0.2) is 0 Å². The molecule has 1 saturated carbocycles. The van der Waals surface area contributed by atoms with E-state index in [9.17, 15) is 13.2 Å². The Morgan fingerprint density at radius 1 is 1.06 bits per heavy atom. The molecule has 2 aliphatic rings. The van der Waals surface area contributed by atoms with Crippen LogP contribution in [0.5, 0.6) is 5.75 Å². The first kappa shape index (κ1) is 22.8. The zero-order chi connectivity index (χ0) is 22.6. The minimum absolute atomic E-state index is 0.287. The van der Waals surface area contributed by atoms with Crippen LogP contribution in [0.3, 0.4) is 0 Å². The summed E-state index contributed by atoms with van der Waals surface area (Å²) in [5.74, 6) is 2.54. The molecule has 172 valence electrons. The lowest BCUT2D eigenvalue weighted by atomic mass is 9.90. The van der Waals surface area contributed by atoms with Crippen molar-refractivity contribution < 1.29 is 17.9 Å². The number of hydrogen-bond acceptors (Lipinski definition) is 5. The van der Waals surface area contributed by atoms with Gasteiger partial charge < -0.3 is 4.74 Å². The standard InChI is InChI=1S/C25H32N2O4S/c1-32(29,30)26-25(28)21-7-9-23(10-8-21)31-16-15-27-13-11-19(12-14-27)17-22-18-24(22)20-5-3-2-4-6-20/h2-10,19,22,24H,11-18H2,1H3,(H,26,28)/t22-,24+/m1/s1. The lowest BCUT2D eigenvalue weighted by molar-refractivity contribution is 0.0981. The fraction of sp³-hybridized carbons (Fsp3) is 0.480. The van der Waals surface area contributed by atoms with Crippen LogP contribution >= 0.6 is 0 Å². The number of ether oxygens (including phenoxy) is 1. The lowest BCUT2D eigenvalue weighted by Crippen LogP contribution is -2.36. The zero-order valence-electron chi connectivity index (χ0n) is 18.6. The first-order valence-corrected chi connectivity index (χ1v) is 13.3. The van der Waals surface area contributed by atoms with Crippen molar-refractivity contribution >= 4 is 15.9 Å². The number of rotatable bonds is 9. The Hall–Kier alpha value is -2.38. The number of carbonyl (C=O) groups is 1. The van der Waals surface area contributed by atoms with E-state index in [0.717, 1.165) is 43.6 Å². The van der Waals surface area contributed by atoms with E-state index in [2.05, 4.69) is 35.2 Å². The molecule has 0 unspecified atom stereocenters. The molecule has 6 nitrogen and oxygen atoms in total. The Balaban J connectivity index is 1.13. The van der Waals surface area contributed by atoms with Crippen LogP contribution in [0.25, 0.3) is 0 Å². The molecule has 1 amide bonds. The van der Waals surface area contributed by atoms with Gasteiger partial charge in [-0.2, -0.15) is 0 Å². The summed E-state index contributed by atoms with van der Waals surface area (Å²) in [6.45, 7) is 3.74. The highest BCUT2D eigenvalue weighted by Crippen LogP contribution is 2.51. The van der Waals surface area contributed by atoms with Gasteiger partial charge in [-0.05, 0) is 86.4 Å². The van der Waals surface area contributed by atoms with Crippen LogP contribution in [-0.2, 0) is 10.0 Å². The fourth-order valence-corrected chi connectivity index (χ4v) is 5.17. The SMILES string of the molecule is CS(=O)(=O)NC(=O)c1ccc(OCCN2CCC(C[C@@H]3C[C@H]3c3ccccc3)CC2)cc1. The lowest BCUT2D eigenvalue weighted by Gasteiger charge is -2.32. The molecule has 32 heavy (non-hydrogen) atoms. The van der Waals surface area contributed by atoms with Crippen LogP contribution in [0, 0.1) is 11.8 Å². The highest BCUT2D eigenvalue weighted by molar-refractivity contribution is 7.89. The maximum atomic E-state index is 11.8. The van der Waals surface area contributed by atoms with Crippen LogP contribution in [0.2, 0.25) is 0 Å².